The van der Waals surface area contributed by atoms with E-state index in [1.165, 1.54) is 6.92 Å². The van der Waals surface area contributed by atoms with Crippen LogP contribution >= 0.6 is 23.4 Å². The van der Waals surface area contributed by atoms with Gasteiger partial charge in [-0.05, 0) is 31.0 Å². The number of rotatable bonds is 5. The average Bonchev–Trinajstić information content (AvgIpc) is 2.32. The molecule has 0 aliphatic rings. The normalized spacial score (nSPS) is 14.2. The number of aliphatic hydroxyl groups excluding tert-OH is 2. The van der Waals surface area contributed by atoms with Gasteiger partial charge in [-0.1, -0.05) is 23.4 Å². The van der Waals surface area contributed by atoms with Crippen LogP contribution in [0.2, 0.25) is 5.02 Å². The van der Waals surface area contributed by atoms with Crippen molar-refractivity contribution in [2.75, 3.05) is 11.5 Å². The second-order valence-corrected chi connectivity index (χ2v) is 6.05. The zero-order chi connectivity index (χ0) is 14.6. The molecule has 1 aromatic rings. The number of carbonyl (C=O) groups excluding carboxylic acids is 1. The fourth-order valence-corrected chi connectivity index (χ4v) is 2.57. The standard InChI is InChI=1S/C13H18ClNO3S/c1-7-5-9(10(14)6-11(7)15)13(18)12(17)3-4-19-8(2)16/h5-6,12-13,17-18H,3-4,15H2,1-2H3. The number of aryl methyl sites for hydroxylation is 1. The Morgan fingerprint density at radius 1 is 1.47 bits per heavy atom. The van der Waals surface area contributed by atoms with Crippen molar-refractivity contribution in [1.29, 1.82) is 0 Å². The molecule has 1 rings (SSSR count). The third-order valence-corrected chi connectivity index (χ3v) is 3.96. The molecule has 106 valence electrons. The lowest BCUT2D eigenvalue weighted by atomic mass is 10.00. The minimum atomic E-state index is -1.08. The molecule has 0 aliphatic carbocycles. The van der Waals surface area contributed by atoms with Gasteiger partial charge in [-0.2, -0.15) is 0 Å². The molecular weight excluding hydrogens is 286 g/mol. The van der Waals surface area contributed by atoms with Crippen LogP contribution in [0.4, 0.5) is 5.69 Å². The van der Waals surface area contributed by atoms with Gasteiger partial charge in [0.1, 0.15) is 6.10 Å². The molecule has 1 aromatic carbocycles. The summed E-state index contributed by atoms with van der Waals surface area (Å²) < 4.78 is 0. The summed E-state index contributed by atoms with van der Waals surface area (Å²) in [5.74, 6) is 0.457. The number of halogens is 1. The summed E-state index contributed by atoms with van der Waals surface area (Å²) in [4.78, 5) is 10.8. The number of hydrogen-bond donors (Lipinski definition) is 3. The number of anilines is 1. The van der Waals surface area contributed by atoms with Gasteiger partial charge in [0.05, 0.1) is 6.10 Å². The molecule has 0 heterocycles. The number of aliphatic hydroxyl groups is 2. The van der Waals surface area contributed by atoms with E-state index in [0.29, 0.717) is 28.4 Å². The van der Waals surface area contributed by atoms with Crippen molar-refractivity contribution in [2.45, 2.75) is 32.5 Å². The maximum Gasteiger partial charge on any atom is 0.185 e. The van der Waals surface area contributed by atoms with E-state index in [1.807, 2.05) is 0 Å². The summed E-state index contributed by atoms with van der Waals surface area (Å²) in [6, 6.07) is 3.23. The maximum absolute atomic E-state index is 10.8. The molecule has 0 aliphatic heterocycles. The molecule has 4 N–H and O–H groups in total. The van der Waals surface area contributed by atoms with E-state index in [2.05, 4.69) is 0 Å². The molecule has 0 saturated heterocycles. The number of nitrogens with two attached hydrogens (primary N) is 1. The smallest absolute Gasteiger partial charge is 0.185 e. The second-order valence-electron chi connectivity index (χ2n) is 4.37. The largest absolute Gasteiger partial charge is 0.398 e. The Labute approximate surface area is 122 Å². The Balaban J connectivity index is 2.73. The van der Waals surface area contributed by atoms with Crippen LogP contribution in [0, 0.1) is 6.92 Å². The summed E-state index contributed by atoms with van der Waals surface area (Å²) in [7, 11) is 0. The fourth-order valence-electron chi connectivity index (χ4n) is 1.63. The van der Waals surface area contributed by atoms with Gasteiger partial charge in [-0.15, -0.1) is 0 Å². The number of hydrogen-bond acceptors (Lipinski definition) is 5. The fraction of sp³-hybridized carbons (Fsp3) is 0.462. The van der Waals surface area contributed by atoms with Crippen molar-refractivity contribution in [3.63, 3.8) is 0 Å². The molecular formula is C13H18ClNO3S. The van der Waals surface area contributed by atoms with Crippen LogP contribution in [-0.4, -0.2) is 27.2 Å². The van der Waals surface area contributed by atoms with Crippen molar-refractivity contribution in [3.8, 4) is 0 Å². The SMILES string of the molecule is CC(=O)SCCC(O)C(O)c1cc(C)c(N)cc1Cl. The van der Waals surface area contributed by atoms with E-state index < -0.39 is 12.2 Å². The van der Waals surface area contributed by atoms with Gasteiger partial charge < -0.3 is 15.9 Å². The highest BCUT2D eigenvalue weighted by molar-refractivity contribution is 8.13. The molecule has 19 heavy (non-hydrogen) atoms. The van der Waals surface area contributed by atoms with Gasteiger partial charge in [0.25, 0.3) is 0 Å². The molecule has 0 bridgehead atoms. The highest BCUT2D eigenvalue weighted by Gasteiger charge is 2.21. The van der Waals surface area contributed by atoms with E-state index in [1.54, 1.807) is 19.1 Å². The van der Waals surface area contributed by atoms with Crippen LogP contribution in [0.1, 0.15) is 30.6 Å². The Morgan fingerprint density at radius 2 is 2.11 bits per heavy atom. The third-order valence-electron chi connectivity index (χ3n) is 2.79. The molecule has 0 radical (unpaired) electrons. The van der Waals surface area contributed by atoms with Crippen molar-refractivity contribution >= 4 is 34.2 Å². The predicted octanol–water partition coefficient (Wildman–Crippen LogP) is 2.29. The van der Waals surface area contributed by atoms with E-state index in [4.69, 9.17) is 17.3 Å². The molecule has 4 nitrogen and oxygen atoms in total. The van der Waals surface area contributed by atoms with Gasteiger partial charge in [0.2, 0.25) is 0 Å². The molecule has 0 spiro atoms. The summed E-state index contributed by atoms with van der Waals surface area (Å²) in [5, 5.41) is 20.3. The summed E-state index contributed by atoms with van der Waals surface area (Å²) in [5.41, 5.74) is 7.50. The van der Waals surface area contributed by atoms with Crippen LogP contribution in [0.25, 0.3) is 0 Å². The van der Waals surface area contributed by atoms with Crippen molar-refractivity contribution in [1.82, 2.24) is 0 Å². The number of nitrogen functional groups attached to an aromatic ring is 1. The quantitative estimate of drug-likeness (QED) is 0.727. The highest BCUT2D eigenvalue weighted by atomic mass is 35.5. The Bertz CT molecular complexity index is 467. The molecule has 0 amide bonds. The lowest BCUT2D eigenvalue weighted by Crippen LogP contribution is -2.19. The molecule has 6 heteroatoms. The van der Waals surface area contributed by atoms with E-state index in [9.17, 15) is 15.0 Å². The highest BCUT2D eigenvalue weighted by Crippen LogP contribution is 2.30. The van der Waals surface area contributed by atoms with E-state index >= 15 is 0 Å². The molecule has 0 saturated carbocycles. The van der Waals surface area contributed by atoms with Crippen molar-refractivity contribution in [2.24, 2.45) is 0 Å². The summed E-state index contributed by atoms with van der Waals surface area (Å²) in [6.07, 6.45) is -1.74. The predicted molar refractivity (Wildman–Crippen MR) is 79.3 cm³/mol. The van der Waals surface area contributed by atoms with E-state index in [0.717, 1.165) is 17.3 Å². The van der Waals surface area contributed by atoms with Gasteiger partial charge in [-0.3, -0.25) is 4.79 Å². The Morgan fingerprint density at radius 3 is 2.68 bits per heavy atom. The molecule has 0 fully saturated rings. The lowest BCUT2D eigenvalue weighted by molar-refractivity contribution is -0.109. The first kappa shape index (κ1) is 16.3. The minimum absolute atomic E-state index is 0.0111. The Hall–Kier alpha value is -0.750. The van der Waals surface area contributed by atoms with Crippen molar-refractivity contribution < 1.29 is 15.0 Å². The van der Waals surface area contributed by atoms with Gasteiger partial charge in [0.15, 0.2) is 5.12 Å². The van der Waals surface area contributed by atoms with Gasteiger partial charge >= 0.3 is 0 Å². The number of carbonyl (C=O) groups is 1. The third kappa shape index (κ3) is 4.69. The average molecular weight is 304 g/mol. The zero-order valence-corrected chi connectivity index (χ0v) is 12.5. The van der Waals surface area contributed by atoms with Crippen LogP contribution in [-0.2, 0) is 4.79 Å². The van der Waals surface area contributed by atoms with Crippen molar-refractivity contribution in [3.05, 3.63) is 28.3 Å². The molecule has 0 aromatic heterocycles. The number of benzene rings is 1. The van der Waals surface area contributed by atoms with Crippen LogP contribution in [0.15, 0.2) is 12.1 Å². The maximum atomic E-state index is 10.8. The first-order valence-electron chi connectivity index (χ1n) is 5.88. The van der Waals surface area contributed by atoms with E-state index in [-0.39, 0.29) is 5.12 Å². The monoisotopic (exact) mass is 303 g/mol. The van der Waals surface area contributed by atoms with Crippen LogP contribution < -0.4 is 5.73 Å². The molecule has 2 atom stereocenters. The van der Waals surface area contributed by atoms with Gasteiger partial charge in [0, 0.05) is 29.0 Å². The topological polar surface area (TPSA) is 83.5 Å². The first-order chi connectivity index (χ1) is 8.82. The van der Waals surface area contributed by atoms with Crippen LogP contribution in [0.5, 0.6) is 0 Å². The second kappa shape index (κ2) is 7.14. The van der Waals surface area contributed by atoms with Crippen LogP contribution in [0.3, 0.4) is 0 Å². The lowest BCUT2D eigenvalue weighted by Gasteiger charge is -2.20. The summed E-state index contributed by atoms with van der Waals surface area (Å²) >= 11 is 7.13. The number of thioether (sulfide) groups is 1. The minimum Gasteiger partial charge on any atom is -0.398 e. The molecule has 2 unspecified atom stereocenters. The van der Waals surface area contributed by atoms with Gasteiger partial charge in [-0.25, -0.2) is 0 Å². The summed E-state index contributed by atoms with van der Waals surface area (Å²) in [6.45, 7) is 3.27. The Kier molecular flexibility index (Phi) is 6.13. The zero-order valence-electron chi connectivity index (χ0n) is 10.9. The first-order valence-corrected chi connectivity index (χ1v) is 7.24.